The summed E-state index contributed by atoms with van der Waals surface area (Å²) in [6.45, 7) is -1.48. The van der Waals surface area contributed by atoms with Crippen molar-refractivity contribution in [3.05, 3.63) is 39.7 Å². The molecule has 0 saturated heterocycles. The van der Waals surface area contributed by atoms with Gasteiger partial charge in [-0.1, -0.05) is 0 Å². The van der Waals surface area contributed by atoms with Crippen LogP contribution < -0.4 is 10.2 Å². The average Bonchev–Trinajstić information content (AvgIpc) is 3.36. The van der Waals surface area contributed by atoms with Gasteiger partial charge in [0.05, 0.1) is 10.9 Å². The summed E-state index contributed by atoms with van der Waals surface area (Å²) in [5.74, 6) is -5.43. The second kappa shape index (κ2) is 6.38. The van der Waals surface area contributed by atoms with E-state index in [1.165, 1.54) is 4.57 Å². The maximum atomic E-state index is 14.0. The molecule has 0 amide bonds. The van der Waals surface area contributed by atoms with Crippen LogP contribution in [0.5, 0.6) is 5.75 Å². The number of alkyl halides is 1. The Kier molecular flexibility index (Phi) is 4.40. The minimum absolute atomic E-state index is 0.252. The molecular weight excluding hydrogens is 352 g/mol. The van der Waals surface area contributed by atoms with Crippen LogP contribution >= 0.6 is 0 Å². The zero-order valence-corrected chi connectivity index (χ0v) is 12.4. The zero-order valence-electron chi connectivity index (χ0n) is 12.4. The summed E-state index contributed by atoms with van der Waals surface area (Å²) in [5, 5.41) is -0.502. The smallest absolute Gasteiger partial charge is 0.474 e. The zero-order chi connectivity index (χ0) is 18.3. The molecule has 132 valence electrons. The molecule has 0 N–H and O–H groups in total. The highest BCUT2D eigenvalue weighted by molar-refractivity contribution is 6.38. The van der Waals surface area contributed by atoms with Crippen LogP contribution in [0.25, 0.3) is 10.9 Å². The predicted molar refractivity (Wildman–Crippen MR) is 76.4 cm³/mol. The number of nitrogens with zero attached hydrogens (tertiary/aromatic N) is 1. The van der Waals surface area contributed by atoms with Crippen LogP contribution in [0.15, 0.2) is 17.1 Å². The second-order valence-corrected chi connectivity index (χ2v) is 5.33. The third-order valence-electron chi connectivity index (χ3n) is 3.72. The van der Waals surface area contributed by atoms with Gasteiger partial charge in [0.2, 0.25) is 18.1 Å². The number of ether oxygens (including phenoxy) is 1. The molecule has 1 aliphatic rings. The Labute approximate surface area is 137 Å². The normalized spacial score (nSPS) is 13.8. The Morgan fingerprint density at radius 1 is 1.32 bits per heavy atom. The maximum absolute atomic E-state index is 14.0. The molecule has 1 heterocycles. The Bertz CT molecular complexity index is 912. The molecule has 0 radical (unpaired) electrons. The van der Waals surface area contributed by atoms with E-state index < -0.39 is 54.1 Å². The molecule has 25 heavy (non-hydrogen) atoms. The Morgan fingerprint density at radius 2 is 2.00 bits per heavy atom. The monoisotopic (exact) mass is 361 g/mol. The molecule has 1 fully saturated rings. The van der Waals surface area contributed by atoms with Crippen molar-refractivity contribution in [1.29, 1.82) is 0 Å². The van der Waals surface area contributed by atoms with E-state index in [4.69, 9.17) is 0 Å². The van der Waals surface area contributed by atoms with Crippen molar-refractivity contribution in [2.45, 2.75) is 18.9 Å². The van der Waals surface area contributed by atoms with Crippen LogP contribution in [-0.4, -0.2) is 24.9 Å². The number of pyridine rings is 1. The fraction of sp³-hybridized carbons (Fsp3) is 0.286. The molecule has 0 aliphatic heterocycles. The van der Waals surface area contributed by atoms with Gasteiger partial charge in [0.15, 0.2) is 11.6 Å². The number of rotatable bonds is 5. The van der Waals surface area contributed by atoms with Crippen LogP contribution in [0.1, 0.15) is 29.2 Å². The molecule has 0 atom stereocenters. The summed E-state index contributed by atoms with van der Waals surface area (Å²) in [7, 11) is -3.45. The molecule has 1 saturated carbocycles. The molecule has 0 bridgehead atoms. The summed E-state index contributed by atoms with van der Waals surface area (Å²) in [5.41, 5.74) is -2.17. The van der Waals surface area contributed by atoms with E-state index in [2.05, 4.69) is 9.39 Å². The third kappa shape index (κ3) is 3.05. The minimum atomic E-state index is -3.45. The number of hydrogen-bond acceptors (Lipinski definition) is 4. The first kappa shape index (κ1) is 17.2. The lowest BCUT2D eigenvalue weighted by atomic mass is 10.1. The van der Waals surface area contributed by atoms with Crippen molar-refractivity contribution < 1.29 is 36.0 Å². The van der Waals surface area contributed by atoms with Gasteiger partial charge < -0.3 is 14.0 Å². The van der Waals surface area contributed by atoms with Crippen molar-refractivity contribution >= 4 is 24.3 Å². The Morgan fingerprint density at radius 3 is 2.56 bits per heavy atom. The molecule has 0 unspecified atom stereocenters. The molecule has 0 spiro atoms. The van der Waals surface area contributed by atoms with Gasteiger partial charge in [0, 0.05) is 12.2 Å². The van der Waals surface area contributed by atoms with Gasteiger partial charge in [0.25, 0.3) is 0 Å². The van der Waals surface area contributed by atoms with Gasteiger partial charge in [-0.05, 0) is 18.9 Å². The van der Waals surface area contributed by atoms with Gasteiger partial charge in [0.1, 0.15) is 5.56 Å². The van der Waals surface area contributed by atoms with Gasteiger partial charge in [-0.3, -0.25) is 4.79 Å². The first-order valence-corrected chi connectivity index (χ1v) is 7.10. The van der Waals surface area contributed by atoms with Crippen LogP contribution in [0.4, 0.5) is 21.8 Å². The molecular formula is C14H9BF5NO4. The number of aromatic nitrogens is 1. The van der Waals surface area contributed by atoms with E-state index in [1.54, 1.807) is 0 Å². The first-order valence-electron chi connectivity index (χ1n) is 7.10. The fourth-order valence-electron chi connectivity index (χ4n) is 2.55. The predicted octanol–water partition coefficient (Wildman–Crippen LogP) is 3.00. The number of benzene rings is 1. The van der Waals surface area contributed by atoms with Gasteiger partial charge in [-0.2, -0.15) is 4.39 Å². The van der Waals surface area contributed by atoms with Crippen molar-refractivity contribution in [1.82, 2.24) is 4.57 Å². The lowest BCUT2D eigenvalue weighted by Gasteiger charge is -2.16. The van der Waals surface area contributed by atoms with Crippen molar-refractivity contribution in [2.75, 3.05) is 6.86 Å². The summed E-state index contributed by atoms with van der Waals surface area (Å²) in [4.78, 5) is 24.1. The summed E-state index contributed by atoms with van der Waals surface area (Å²) >= 11 is 0. The van der Waals surface area contributed by atoms with Gasteiger partial charge in [-0.15, -0.1) is 0 Å². The van der Waals surface area contributed by atoms with E-state index in [9.17, 15) is 31.4 Å². The number of hydrogen-bond donors (Lipinski definition) is 0. The standard InChI is InChI=1S/C14H9BF5NO4/c16-5-24-13-10(18)9(17)3-7-11(13)21(6-1-2-6)4-8(12(7)22)14(23)25-15(19)20/h3-4,6H,1-2,5H2. The second-order valence-electron chi connectivity index (χ2n) is 5.33. The SMILES string of the molecule is O=C(OB(F)F)c1cn(C2CC2)c2c(OCF)c(F)c(F)cc2c1=O. The van der Waals surface area contributed by atoms with E-state index in [0.717, 1.165) is 6.20 Å². The Hall–Kier alpha value is -2.59. The summed E-state index contributed by atoms with van der Waals surface area (Å²) in [6.07, 6.45) is 2.07. The van der Waals surface area contributed by atoms with E-state index in [0.29, 0.717) is 18.9 Å². The topological polar surface area (TPSA) is 57.5 Å². The van der Waals surface area contributed by atoms with Crippen LogP contribution in [0.2, 0.25) is 0 Å². The van der Waals surface area contributed by atoms with Gasteiger partial charge in [-0.25, -0.2) is 22.2 Å². The highest BCUT2D eigenvalue weighted by Crippen LogP contribution is 2.40. The van der Waals surface area contributed by atoms with Gasteiger partial charge >= 0.3 is 13.4 Å². The molecule has 2 aromatic rings. The maximum Gasteiger partial charge on any atom is 0.798 e. The highest BCUT2D eigenvalue weighted by Gasteiger charge is 2.32. The quantitative estimate of drug-likeness (QED) is 0.607. The minimum Gasteiger partial charge on any atom is -0.474 e. The Balaban J connectivity index is 2.34. The molecule has 1 aromatic heterocycles. The van der Waals surface area contributed by atoms with E-state index in [1.807, 2.05) is 0 Å². The number of carbonyl (C=O) groups excluding carboxylic acids is 1. The molecule has 5 nitrogen and oxygen atoms in total. The number of halogens is 5. The molecule has 3 rings (SSSR count). The van der Waals surface area contributed by atoms with Crippen molar-refractivity contribution in [3.8, 4) is 5.75 Å². The first-order chi connectivity index (χ1) is 11.8. The highest BCUT2D eigenvalue weighted by atomic mass is 19.2. The third-order valence-corrected chi connectivity index (χ3v) is 3.72. The lowest BCUT2D eigenvalue weighted by Crippen LogP contribution is -2.24. The largest absolute Gasteiger partial charge is 0.798 e. The molecule has 11 heteroatoms. The lowest BCUT2D eigenvalue weighted by molar-refractivity contribution is 0.0693. The molecule has 1 aromatic carbocycles. The summed E-state index contributed by atoms with van der Waals surface area (Å²) in [6, 6.07) is 0.212. The van der Waals surface area contributed by atoms with Crippen molar-refractivity contribution in [3.63, 3.8) is 0 Å². The van der Waals surface area contributed by atoms with Crippen LogP contribution in [0.3, 0.4) is 0 Å². The molecule has 1 aliphatic carbocycles. The van der Waals surface area contributed by atoms with Crippen molar-refractivity contribution in [2.24, 2.45) is 0 Å². The fourth-order valence-corrected chi connectivity index (χ4v) is 2.55. The van der Waals surface area contributed by atoms with E-state index in [-0.39, 0.29) is 11.6 Å². The number of carbonyl (C=O) groups is 1. The van der Waals surface area contributed by atoms with E-state index >= 15 is 0 Å². The number of fused-ring (bicyclic) bond motifs is 1. The average molecular weight is 361 g/mol. The summed E-state index contributed by atoms with van der Waals surface area (Å²) < 4.78 is 74.2. The van der Waals surface area contributed by atoms with Crippen LogP contribution in [0, 0.1) is 11.6 Å². The van der Waals surface area contributed by atoms with Crippen LogP contribution in [-0.2, 0) is 4.65 Å².